The zero-order valence-electron chi connectivity index (χ0n) is 8.61. The average molecular weight is 253 g/mol. The number of nitrogens with two attached hydrogens (primary N) is 1. The fraction of sp³-hybridized carbons (Fsp3) is 0.200. The number of primary amides is 1. The summed E-state index contributed by atoms with van der Waals surface area (Å²) in [5.74, 6) is -0.432. The molecule has 0 saturated carbocycles. The number of allylic oxidation sites excluding steroid dienone is 1. The molecule has 0 fully saturated rings. The largest absolute Gasteiger partial charge is 0.366 e. The number of amides is 1. The maximum Gasteiger partial charge on any atom is 0.248 e. The van der Waals surface area contributed by atoms with Crippen molar-refractivity contribution in [2.24, 2.45) is 5.73 Å². The summed E-state index contributed by atoms with van der Waals surface area (Å²) in [6.45, 7) is 1.80. The molecule has 0 aliphatic carbocycles. The number of thiophene rings is 1. The second-order valence-corrected chi connectivity index (χ2v) is 4.84. The van der Waals surface area contributed by atoms with E-state index in [0.29, 0.717) is 10.7 Å². The lowest BCUT2D eigenvalue weighted by Gasteiger charge is -2.28. The Morgan fingerprint density at radius 1 is 1.62 bits per heavy atom. The van der Waals surface area contributed by atoms with Gasteiger partial charge in [-0.05, 0) is 30.6 Å². The molecular formula is C10H11N3OS2. The quantitative estimate of drug-likeness (QED) is 0.689. The Labute approximate surface area is 103 Å². The van der Waals surface area contributed by atoms with Crippen LogP contribution in [-0.4, -0.2) is 11.0 Å². The van der Waals surface area contributed by atoms with Gasteiger partial charge in [0.25, 0.3) is 0 Å². The molecule has 0 spiro atoms. The molecule has 84 valence electrons. The van der Waals surface area contributed by atoms with E-state index in [1.54, 1.807) is 18.3 Å². The summed E-state index contributed by atoms with van der Waals surface area (Å²) in [6, 6.07) is 3.65. The molecule has 6 heteroatoms. The highest BCUT2D eigenvalue weighted by molar-refractivity contribution is 7.80. The molecule has 1 aromatic rings. The van der Waals surface area contributed by atoms with Crippen LogP contribution in [0, 0.1) is 0 Å². The van der Waals surface area contributed by atoms with Crippen LogP contribution in [0.2, 0.25) is 0 Å². The maximum absolute atomic E-state index is 11.4. The Morgan fingerprint density at radius 2 is 2.38 bits per heavy atom. The first-order chi connectivity index (χ1) is 7.59. The summed E-state index contributed by atoms with van der Waals surface area (Å²) >= 11 is 6.63. The van der Waals surface area contributed by atoms with Crippen molar-refractivity contribution >= 4 is 34.6 Å². The number of carbonyl (C=O) groups is 1. The molecule has 4 nitrogen and oxygen atoms in total. The number of thiocarbonyl (C=S) groups is 1. The van der Waals surface area contributed by atoms with Crippen LogP contribution in [0.3, 0.4) is 0 Å². The molecule has 1 aromatic heterocycles. The van der Waals surface area contributed by atoms with Crippen molar-refractivity contribution in [2.45, 2.75) is 13.0 Å². The SMILES string of the molecule is CC1=C(C(N)=O)[C@@H](c2cccs2)NC(=S)N1. The van der Waals surface area contributed by atoms with E-state index in [1.807, 2.05) is 17.5 Å². The Kier molecular flexibility index (Phi) is 2.93. The van der Waals surface area contributed by atoms with E-state index in [9.17, 15) is 4.79 Å². The molecule has 1 atom stereocenters. The number of nitrogens with one attached hydrogen (secondary N) is 2. The Hall–Kier alpha value is -1.40. The molecule has 2 rings (SSSR count). The van der Waals surface area contributed by atoms with Gasteiger partial charge in [-0.2, -0.15) is 0 Å². The lowest BCUT2D eigenvalue weighted by Crippen LogP contribution is -2.45. The summed E-state index contributed by atoms with van der Waals surface area (Å²) < 4.78 is 0. The van der Waals surface area contributed by atoms with E-state index in [2.05, 4.69) is 10.6 Å². The second kappa shape index (κ2) is 4.23. The minimum Gasteiger partial charge on any atom is -0.366 e. The molecule has 1 aliphatic rings. The van der Waals surface area contributed by atoms with Crippen LogP contribution < -0.4 is 16.4 Å². The van der Waals surface area contributed by atoms with Crippen LogP contribution in [0.25, 0.3) is 0 Å². The second-order valence-electron chi connectivity index (χ2n) is 3.45. The summed E-state index contributed by atoms with van der Waals surface area (Å²) in [5, 5.41) is 8.43. The smallest absolute Gasteiger partial charge is 0.248 e. The molecule has 4 N–H and O–H groups in total. The molecule has 2 heterocycles. The summed E-state index contributed by atoms with van der Waals surface area (Å²) in [4.78, 5) is 12.4. The van der Waals surface area contributed by atoms with Gasteiger partial charge < -0.3 is 16.4 Å². The van der Waals surface area contributed by atoms with Gasteiger partial charge in [-0.15, -0.1) is 11.3 Å². The first kappa shape index (κ1) is 11.1. The Balaban J connectivity index is 2.46. The van der Waals surface area contributed by atoms with Crippen molar-refractivity contribution in [1.82, 2.24) is 10.6 Å². The topological polar surface area (TPSA) is 67.2 Å². The van der Waals surface area contributed by atoms with Gasteiger partial charge >= 0.3 is 0 Å². The van der Waals surface area contributed by atoms with Gasteiger partial charge in [-0.3, -0.25) is 4.79 Å². The lowest BCUT2D eigenvalue weighted by molar-refractivity contribution is -0.115. The Morgan fingerprint density at radius 3 is 2.94 bits per heavy atom. The van der Waals surface area contributed by atoms with E-state index in [1.165, 1.54) is 0 Å². The van der Waals surface area contributed by atoms with Gasteiger partial charge in [-0.1, -0.05) is 6.07 Å². The van der Waals surface area contributed by atoms with Crippen molar-refractivity contribution in [2.75, 3.05) is 0 Å². The predicted octanol–water partition coefficient (Wildman–Crippen LogP) is 1.03. The molecule has 0 radical (unpaired) electrons. The van der Waals surface area contributed by atoms with E-state index < -0.39 is 5.91 Å². The van der Waals surface area contributed by atoms with Gasteiger partial charge in [0, 0.05) is 10.6 Å². The fourth-order valence-corrected chi connectivity index (χ4v) is 2.74. The predicted molar refractivity (Wildman–Crippen MR) is 67.8 cm³/mol. The molecule has 0 saturated heterocycles. The normalized spacial score (nSPS) is 20.3. The third kappa shape index (κ3) is 1.94. The highest BCUT2D eigenvalue weighted by atomic mass is 32.1. The minimum atomic E-state index is -0.432. The van der Waals surface area contributed by atoms with Crippen molar-refractivity contribution in [3.05, 3.63) is 33.7 Å². The van der Waals surface area contributed by atoms with E-state index in [4.69, 9.17) is 18.0 Å². The summed E-state index contributed by atoms with van der Waals surface area (Å²) in [6.07, 6.45) is 0. The van der Waals surface area contributed by atoms with Crippen LogP contribution in [0.15, 0.2) is 28.8 Å². The average Bonchev–Trinajstić information content (AvgIpc) is 2.67. The van der Waals surface area contributed by atoms with Crippen molar-refractivity contribution in [1.29, 1.82) is 0 Å². The molecule has 0 unspecified atom stereocenters. The van der Waals surface area contributed by atoms with Crippen molar-refractivity contribution in [3.8, 4) is 0 Å². The van der Waals surface area contributed by atoms with Crippen molar-refractivity contribution in [3.63, 3.8) is 0 Å². The zero-order chi connectivity index (χ0) is 11.7. The molecule has 1 amide bonds. The molecule has 0 aromatic carbocycles. The van der Waals surface area contributed by atoms with E-state index in [0.717, 1.165) is 10.6 Å². The van der Waals surface area contributed by atoms with Crippen LogP contribution >= 0.6 is 23.6 Å². The molecular weight excluding hydrogens is 242 g/mol. The number of rotatable bonds is 2. The Bertz CT molecular complexity index is 464. The molecule has 0 bridgehead atoms. The minimum absolute atomic E-state index is 0.230. The van der Waals surface area contributed by atoms with Gasteiger partial charge in [0.2, 0.25) is 5.91 Å². The highest BCUT2D eigenvalue weighted by Crippen LogP contribution is 2.29. The first-order valence-electron chi connectivity index (χ1n) is 4.71. The van der Waals surface area contributed by atoms with Crippen molar-refractivity contribution < 1.29 is 4.79 Å². The van der Waals surface area contributed by atoms with Crippen LogP contribution in [0.5, 0.6) is 0 Å². The maximum atomic E-state index is 11.4. The third-order valence-corrected chi connectivity index (χ3v) is 3.52. The third-order valence-electron chi connectivity index (χ3n) is 2.36. The van der Waals surface area contributed by atoms with E-state index in [-0.39, 0.29) is 6.04 Å². The zero-order valence-corrected chi connectivity index (χ0v) is 10.2. The number of carbonyl (C=O) groups excluding carboxylic acids is 1. The lowest BCUT2D eigenvalue weighted by atomic mass is 10.0. The molecule has 1 aliphatic heterocycles. The highest BCUT2D eigenvalue weighted by Gasteiger charge is 2.28. The van der Waals surface area contributed by atoms with Gasteiger partial charge in [0.05, 0.1) is 11.6 Å². The van der Waals surface area contributed by atoms with E-state index >= 15 is 0 Å². The van der Waals surface area contributed by atoms with Crippen LogP contribution in [-0.2, 0) is 4.79 Å². The van der Waals surface area contributed by atoms with Crippen LogP contribution in [0.1, 0.15) is 17.8 Å². The van der Waals surface area contributed by atoms with Gasteiger partial charge in [-0.25, -0.2) is 0 Å². The van der Waals surface area contributed by atoms with Gasteiger partial charge in [0.15, 0.2) is 5.11 Å². The molecule has 16 heavy (non-hydrogen) atoms. The summed E-state index contributed by atoms with van der Waals surface area (Å²) in [5.41, 5.74) is 6.64. The number of hydrogen-bond donors (Lipinski definition) is 3. The fourth-order valence-electron chi connectivity index (χ4n) is 1.69. The standard InChI is InChI=1S/C10H11N3OS2/c1-5-7(9(11)14)8(13-10(15)12-5)6-3-2-4-16-6/h2-4,8H,1H3,(H2,11,14)(H2,12,13,15)/t8-/m1/s1. The van der Waals surface area contributed by atoms with Gasteiger partial charge in [0.1, 0.15) is 0 Å². The van der Waals surface area contributed by atoms with Crippen LogP contribution in [0.4, 0.5) is 0 Å². The first-order valence-corrected chi connectivity index (χ1v) is 6.00. The monoisotopic (exact) mass is 253 g/mol. The number of hydrogen-bond acceptors (Lipinski definition) is 3. The summed E-state index contributed by atoms with van der Waals surface area (Å²) in [7, 11) is 0.